The van der Waals surface area contributed by atoms with Crippen LogP contribution in [-0.4, -0.2) is 22.7 Å². The zero-order valence-corrected chi connectivity index (χ0v) is 15.1. The van der Waals surface area contributed by atoms with Gasteiger partial charge >= 0.3 is 0 Å². The fourth-order valence-electron chi connectivity index (χ4n) is 2.51. The first-order valence-electron chi connectivity index (χ1n) is 8.32. The molecule has 5 nitrogen and oxygen atoms in total. The lowest BCUT2D eigenvalue weighted by Gasteiger charge is -2.11. The Labute approximate surface area is 156 Å². The zero-order chi connectivity index (χ0) is 19.2. The summed E-state index contributed by atoms with van der Waals surface area (Å²) in [5.74, 6) is 0.746. The van der Waals surface area contributed by atoms with Gasteiger partial charge in [0, 0.05) is 18.8 Å². The first-order chi connectivity index (χ1) is 13.0. The van der Waals surface area contributed by atoms with E-state index in [1.165, 1.54) is 18.2 Å². The van der Waals surface area contributed by atoms with Crippen molar-refractivity contribution in [3.8, 4) is 11.5 Å². The molecule has 0 N–H and O–H groups in total. The highest BCUT2D eigenvalue weighted by Crippen LogP contribution is 2.23. The highest BCUT2D eigenvalue weighted by atomic mass is 19.1. The topological polar surface area (TPSA) is 53.4 Å². The monoisotopic (exact) mass is 366 g/mol. The summed E-state index contributed by atoms with van der Waals surface area (Å²) in [6.07, 6.45) is 4.92. The fraction of sp³-hybridized carbons (Fsp3) is 0.143. The van der Waals surface area contributed by atoms with E-state index in [2.05, 4.69) is 5.10 Å². The van der Waals surface area contributed by atoms with Gasteiger partial charge in [-0.25, -0.2) is 4.39 Å². The minimum atomic E-state index is -0.315. The molecule has 0 unspecified atom stereocenters. The molecule has 3 aromatic rings. The Kier molecular flexibility index (Phi) is 5.66. The Morgan fingerprint density at radius 2 is 1.96 bits per heavy atom. The smallest absolute Gasteiger partial charge is 0.206 e. The van der Waals surface area contributed by atoms with E-state index in [0.29, 0.717) is 17.2 Å². The normalized spacial score (nSPS) is 10.9. The summed E-state index contributed by atoms with van der Waals surface area (Å²) >= 11 is 0. The molecule has 27 heavy (non-hydrogen) atoms. The van der Waals surface area contributed by atoms with Gasteiger partial charge in [-0.15, -0.1) is 0 Å². The van der Waals surface area contributed by atoms with Crippen molar-refractivity contribution >= 4 is 11.9 Å². The molecule has 0 amide bonds. The van der Waals surface area contributed by atoms with Crippen LogP contribution in [0.3, 0.4) is 0 Å². The van der Waals surface area contributed by atoms with Crippen molar-refractivity contribution in [2.75, 3.05) is 7.11 Å². The van der Waals surface area contributed by atoms with E-state index in [9.17, 15) is 9.18 Å². The molecule has 2 aromatic carbocycles. The van der Waals surface area contributed by atoms with Gasteiger partial charge in [0.25, 0.3) is 0 Å². The van der Waals surface area contributed by atoms with Crippen LogP contribution in [0.5, 0.6) is 11.5 Å². The van der Waals surface area contributed by atoms with E-state index >= 15 is 0 Å². The van der Waals surface area contributed by atoms with Crippen LogP contribution in [0.15, 0.2) is 60.8 Å². The summed E-state index contributed by atoms with van der Waals surface area (Å²) in [7, 11) is 3.34. The van der Waals surface area contributed by atoms with E-state index in [0.717, 1.165) is 11.1 Å². The van der Waals surface area contributed by atoms with E-state index in [1.54, 1.807) is 49.3 Å². The first-order valence-corrected chi connectivity index (χ1v) is 8.32. The van der Waals surface area contributed by atoms with Crippen molar-refractivity contribution in [2.24, 2.45) is 7.05 Å². The van der Waals surface area contributed by atoms with Crippen LogP contribution in [0.1, 0.15) is 21.6 Å². The standard InChI is InChI=1S/C21H19FN2O3/c1-24-12-11-19(23-24)20(25)9-3-15-4-10-21(26-2)16(13-15)14-27-18-7-5-17(22)6-8-18/h3-13H,14H2,1-2H3. The lowest BCUT2D eigenvalue weighted by molar-refractivity contribution is 0.104. The molecule has 0 aliphatic rings. The number of rotatable bonds is 7. The van der Waals surface area contributed by atoms with Crippen molar-refractivity contribution in [3.05, 3.63) is 83.4 Å². The van der Waals surface area contributed by atoms with E-state index in [-0.39, 0.29) is 18.2 Å². The van der Waals surface area contributed by atoms with Crippen molar-refractivity contribution in [1.82, 2.24) is 9.78 Å². The molecule has 0 spiro atoms. The highest BCUT2D eigenvalue weighted by Gasteiger charge is 2.07. The quantitative estimate of drug-likeness (QED) is 0.468. The number of aryl methyl sites for hydroxylation is 1. The molecule has 0 bridgehead atoms. The number of allylic oxidation sites excluding steroid dienone is 1. The Morgan fingerprint density at radius 3 is 2.63 bits per heavy atom. The van der Waals surface area contributed by atoms with Gasteiger partial charge in [0.05, 0.1) is 7.11 Å². The number of hydrogen-bond acceptors (Lipinski definition) is 4. The second-order valence-electron chi connectivity index (χ2n) is 5.89. The summed E-state index contributed by atoms with van der Waals surface area (Å²) in [4.78, 5) is 12.1. The Hall–Kier alpha value is -3.41. The van der Waals surface area contributed by atoms with Gasteiger partial charge in [-0.05, 0) is 54.1 Å². The number of nitrogens with zero attached hydrogens (tertiary/aromatic N) is 2. The van der Waals surface area contributed by atoms with Gasteiger partial charge in [0.15, 0.2) is 0 Å². The number of carbonyl (C=O) groups is 1. The van der Waals surface area contributed by atoms with Gasteiger partial charge in [0.1, 0.15) is 29.6 Å². The summed E-state index contributed by atoms with van der Waals surface area (Å²) in [6.45, 7) is 0.255. The molecule has 0 aliphatic carbocycles. The third-order valence-corrected chi connectivity index (χ3v) is 3.91. The van der Waals surface area contributed by atoms with E-state index in [4.69, 9.17) is 9.47 Å². The maximum atomic E-state index is 13.0. The molecule has 1 aromatic heterocycles. The lowest BCUT2D eigenvalue weighted by Crippen LogP contribution is -2.00. The summed E-state index contributed by atoms with van der Waals surface area (Å²) < 4.78 is 25.6. The van der Waals surface area contributed by atoms with Gasteiger partial charge in [0.2, 0.25) is 5.78 Å². The third kappa shape index (κ3) is 4.82. The molecule has 0 saturated carbocycles. The number of ether oxygens (including phenoxy) is 2. The second kappa shape index (κ2) is 8.31. The van der Waals surface area contributed by atoms with Crippen LogP contribution in [-0.2, 0) is 13.7 Å². The summed E-state index contributed by atoms with van der Waals surface area (Å²) in [5.41, 5.74) is 2.04. The van der Waals surface area contributed by atoms with Gasteiger partial charge in [-0.3, -0.25) is 9.48 Å². The van der Waals surface area contributed by atoms with E-state index < -0.39 is 0 Å². The lowest BCUT2D eigenvalue weighted by atomic mass is 10.1. The minimum absolute atomic E-state index is 0.171. The number of carbonyl (C=O) groups excluding carboxylic acids is 1. The number of halogens is 1. The molecular weight excluding hydrogens is 347 g/mol. The Bertz CT molecular complexity index is 962. The number of methoxy groups -OCH3 is 1. The number of benzene rings is 2. The molecule has 3 rings (SSSR count). The fourth-order valence-corrected chi connectivity index (χ4v) is 2.51. The van der Waals surface area contributed by atoms with Crippen LogP contribution >= 0.6 is 0 Å². The number of aromatic nitrogens is 2. The third-order valence-electron chi connectivity index (χ3n) is 3.91. The van der Waals surface area contributed by atoms with E-state index in [1.807, 2.05) is 18.2 Å². The largest absolute Gasteiger partial charge is 0.496 e. The first kappa shape index (κ1) is 18.4. The van der Waals surface area contributed by atoms with Crippen LogP contribution in [0.25, 0.3) is 6.08 Å². The van der Waals surface area contributed by atoms with Crippen molar-refractivity contribution in [2.45, 2.75) is 6.61 Å². The average molecular weight is 366 g/mol. The second-order valence-corrected chi connectivity index (χ2v) is 5.89. The molecule has 6 heteroatoms. The molecule has 0 atom stereocenters. The van der Waals surface area contributed by atoms with Crippen LogP contribution in [0.4, 0.5) is 4.39 Å². The highest BCUT2D eigenvalue weighted by molar-refractivity contribution is 6.05. The maximum Gasteiger partial charge on any atom is 0.206 e. The van der Waals surface area contributed by atoms with Crippen molar-refractivity contribution in [3.63, 3.8) is 0 Å². The minimum Gasteiger partial charge on any atom is -0.496 e. The molecule has 1 heterocycles. The Balaban J connectivity index is 1.73. The van der Waals surface area contributed by atoms with Crippen LogP contribution in [0, 0.1) is 5.82 Å². The zero-order valence-electron chi connectivity index (χ0n) is 15.1. The molecule has 0 radical (unpaired) electrons. The SMILES string of the molecule is COc1ccc(C=CC(=O)c2ccn(C)n2)cc1COc1ccc(F)cc1. The number of ketones is 1. The molecule has 138 valence electrons. The van der Waals surface area contributed by atoms with Gasteiger partial charge in [-0.2, -0.15) is 5.10 Å². The molecular formula is C21H19FN2O3. The van der Waals surface area contributed by atoms with Crippen LogP contribution < -0.4 is 9.47 Å². The predicted molar refractivity (Wildman–Crippen MR) is 100 cm³/mol. The molecule has 0 saturated heterocycles. The van der Waals surface area contributed by atoms with Crippen LogP contribution in [0.2, 0.25) is 0 Å². The average Bonchev–Trinajstić information content (AvgIpc) is 3.12. The predicted octanol–water partition coefficient (Wildman–Crippen LogP) is 4.04. The summed E-state index contributed by atoms with van der Waals surface area (Å²) in [5, 5.41) is 4.09. The van der Waals surface area contributed by atoms with Gasteiger partial charge < -0.3 is 9.47 Å². The maximum absolute atomic E-state index is 13.0. The van der Waals surface area contributed by atoms with Crippen molar-refractivity contribution in [1.29, 1.82) is 0 Å². The Morgan fingerprint density at radius 1 is 1.19 bits per heavy atom. The van der Waals surface area contributed by atoms with Gasteiger partial charge in [-0.1, -0.05) is 12.1 Å². The molecule has 0 fully saturated rings. The number of hydrogen-bond donors (Lipinski definition) is 0. The van der Waals surface area contributed by atoms with Crippen molar-refractivity contribution < 1.29 is 18.7 Å². The summed E-state index contributed by atoms with van der Waals surface area (Å²) in [6, 6.07) is 13.0. The molecule has 0 aliphatic heterocycles.